The summed E-state index contributed by atoms with van der Waals surface area (Å²) in [5.74, 6) is -0.850. The predicted molar refractivity (Wildman–Crippen MR) is 82.2 cm³/mol. The van der Waals surface area contributed by atoms with Gasteiger partial charge in [-0.2, -0.15) is 13.2 Å². The molecule has 0 saturated heterocycles. The van der Waals surface area contributed by atoms with Gasteiger partial charge in [-0.05, 0) is 17.7 Å². The second kappa shape index (κ2) is 7.47. The monoisotopic (exact) mass is 362 g/mol. The molecule has 0 radical (unpaired) electrons. The number of nitrogens with one attached hydrogen (secondary N) is 2. The summed E-state index contributed by atoms with van der Waals surface area (Å²) < 4.78 is 50.7. The first-order chi connectivity index (χ1) is 11.3. The Morgan fingerprint density at radius 1 is 1.29 bits per heavy atom. The highest BCUT2D eigenvalue weighted by Gasteiger charge is 2.33. The topological polar surface area (TPSA) is 69.5 Å². The van der Waals surface area contributed by atoms with Gasteiger partial charge >= 0.3 is 6.18 Å². The molecule has 5 nitrogen and oxygen atoms in total. The van der Waals surface area contributed by atoms with E-state index in [-0.39, 0.29) is 18.1 Å². The van der Waals surface area contributed by atoms with Gasteiger partial charge in [0.15, 0.2) is 23.2 Å². The van der Waals surface area contributed by atoms with Gasteiger partial charge in [0.05, 0.1) is 6.54 Å². The number of rotatable bonds is 4. The molecular weight excluding hydrogens is 348 g/mol. The number of thiazole rings is 1. The third-order valence-electron chi connectivity index (χ3n) is 2.94. The van der Waals surface area contributed by atoms with E-state index in [9.17, 15) is 17.6 Å². The molecule has 1 heterocycles. The molecule has 0 amide bonds. The van der Waals surface area contributed by atoms with Crippen LogP contribution in [0.1, 0.15) is 16.3 Å². The van der Waals surface area contributed by atoms with Crippen molar-refractivity contribution in [2.45, 2.75) is 19.3 Å². The summed E-state index contributed by atoms with van der Waals surface area (Å²) in [5, 5.41) is 16.0. The van der Waals surface area contributed by atoms with Crippen molar-refractivity contribution in [1.82, 2.24) is 15.6 Å². The Balaban J connectivity index is 1.88. The van der Waals surface area contributed by atoms with Crippen molar-refractivity contribution in [3.8, 4) is 5.75 Å². The Bertz CT molecular complexity index is 730. The zero-order valence-corrected chi connectivity index (χ0v) is 13.3. The first kappa shape index (κ1) is 18.0. The number of benzene rings is 1. The van der Waals surface area contributed by atoms with Gasteiger partial charge in [-0.25, -0.2) is 9.37 Å². The second-order valence-electron chi connectivity index (χ2n) is 4.69. The summed E-state index contributed by atoms with van der Waals surface area (Å²) in [6.07, 6.45) is -4.46. The zero-order chi connectivity index (χ0) is 17.7. The van der Waals surface area contributed by atoms with Crippen molar-refractivity contribution < 1.29 is 22.7 Å². The molecule has 10 heteroatoms. The Morgan fingerprint density at radius 2 is 2.00 bits per heavy atom. The van der Waals surface area contributed by atoms with E-state index < -0.39 is 23.4 Å². The van der Waals surface area contributed by atoms with Gasteiger partial charge in [-0.15, -0.1) is 11.3 Å². The van der Waals surface area contributed by atoms with Crippen LogP contribution in [0.25, 0.3) is 0 Å². The molecule has 1 aromatic carbocycles. The van der Waals surface area contributed by atoms with Crippen LogP contribution in [0.15, 0.2) is 28.6 Å². The van der Waals surface area contributed by atoms with Crippen LogP contribution in [-0.2, 0) is 19.3 Å². The number of hydrogen-bond acceptors (Lipinski definition) is 4. The van der Waals surface area contributed by atoms with Crippen LogP contribution in [0.2, 0.25) is 0 Å². The van der Waals surface area contributed by atoms with Gasteiger partial charge in [-0.3, -0.25) is 4.99 Å². The summed E-state index contributed by atoms with van der Waals surface area (Å²) in [5.41, 5.74) is -0.353. The summed E-state index contributed by atoms with van der Waals surface area (Å²) >= 11 is 0.893. The summed E-state index contributed by atoms with van der Waals surface area (Å²) in [7, 11) is 1.50. The molecule has 0 aliphatic rings. The number of aromatic nitrogens is 1. The SMILES string of the molecule is CN=C(NCc1ccc(O)c(F)c1)NCc1nc(C(F)(F)F)cs1. The van der Waals surface area contributed by atoms with E-state index >= 15 is 0 Å². The summed E-state index contributed by atoms with van der Waals surface area (Å²) in [6.45, 7) is 0.299. The first-order valence-corrected chi connectivity index (χ1v) is 7.61. The minimum absolute atomic E-state index is 0.0738. The lowest BCUT2D eigenvalue weighted by molar-refractivity contribution is -0.140. The maximum absolute atomic E-state index is 13.2. The predicted octanol–water partition coefficient (Wildman–Crippen LogP) is 2.87. The lowest BCUT2D eigenvalue weighted by Gasteiger charge is -2.11. The van der Waals surface area contributed by atoms with Crippen LogP contribution in [0.4, 0.5) is 17.6 Å². The van der Waals surface area contributed by atoms with Crippen molar-refractivity contribution in [3.63, 3.8) is 0 Å². The van der Waals surface area contributed by atoms with Gasteiger partial charge in [0, 0.05) is 19.0 Å². The maximum atomic E-state index is 13.2. The average molecular weight is 362 g/mol. The molecule has 0 fully saturated rings. The first-order valence-electron chi connectivity index (χ1n) is 6.73. The molecule has 2 aromatic rings. The van der Waals surface area contributed by atoms with Crippen molar-refractivity contribution in [3.05, 3.63) is 45.7 Å². The molecule has 1 aromatic heterocycles. The Hall–Kier alpha value is -2.36. The molecule has 0 saturated carbocycles. The Kier molecular flexibility index (Phi) is 5.60. The lowest BCUT2D eigenvalue weighted by atomic mass is 10.2. The van der Waals surface area contributed by atoms with Crippen LogP contribution < -0.4 is 10.6 Å². The molecule has 130 valence electrons. The van der Waals surface area contributed by atoms with Gasteiger partial charge in [0.25, 0.3) is 0 Å². The third-order valence-corrected chi connectivity index (χ3v) is 3.79. The minimum Gasteiger partial charge on any atom is -0.505 e. The zero-order valence-electron chi connectivity index (χ0n) is 12.5. The van der Waals surface area contributed by atoms with Crippen LogP contribution in [0.5, 0.6) is 5.75 Å². The Labute approximate surface area is 139 Å². The number of halogens is 4. The van der Waals surface area contributed by atoms with Gasteiger partial charge in [-0.1, -0.05) is 6.07 Å². The third kappa shape index (κ3) is 4.82. The molecule has 0 atom stereocenters. The number of phenols is 1. The molecule has 0 spiro atoms. The van der Waals surface area contributed by atoms with Crippen molar-refractivity contribution in [2.75, 3.05) is 7.05 Å². The van der Waals surface area contributed by atoms with E-state index in [1.165, 1.54) is 25.2 Å². The number of hydrogen-bond donors (Lipinski definition) is 3. The number of aliphatic imine (C=N–C) groups is 1. The molecule has 0 aliphatic carbocycles. The fourth-order valence-electron chi connectivity index (χ4n) is 1.75. The van der Waals surface area contributed by atoms with Crippen LogP contribution in [-0.4, -0.2) is 23.1 Å². The van der Waals surface area contributed by atoms with E-state index in [4.69, 9.17) is 5.11 Å². The van der Waals surface area contributed by atoms with Gasteiger partial charge in [0.1, 0.15) is 5.01 Å². The number of guanidine groups is 1. The number of phenolic OH excluding ortho intramolecular Hbond substituents is 1. The normalized spacial score (nSPS) is 12.3. The second-order valence-corrected chi connectivity index (χ2v) is 5.63. The molecule has 0 unspecified atom stereocenters. The van der Waals surface area contributed by atoms with E-state index in [2.05, 4.69) is 20.6 Å². The molecule has 2 rings (SSSR count). The summed E-state index contributed by atoms with van der Waals surface area (Å²) in [6, 6.07) is 3.94. The van der Waals surface area contributed by atoms with Crippen molar-refractivity contribution in [2.24, 2.45) is 4.99 Å². The minimum atomic E-state index is -4.46. The highest BCUT2D eigenvalue weighted by molar-refractivity contribution is 7.09. The standard InChI is InChI=1S/C14H14F4N4OS/c1-19-13(20-5-8-2-3-10(23)9(15)4-8)21-6-12-22-11(7-24-12)14(16,17)18/h2-4,7,23H,5-6H2,1H3,(H2,19,20,21). The summed E-state index contributed by atoms with van der Waals surface area (Å²) in [4.78, 5) is 7.42. The van der Waals surface area contributed by atoms with Crippen molar-refractivity contribution >= 4 is 17.3 Å². The fourth-order valence-corrected chi connectivity index (χ4v) is 2.49. The van der Waals surface area contributed by atoms with Crippen LogP contribution >= 0.6 is 11.3 Å². The number of alkyl halides is 3. The van der Waals surface area contributed by atoms with Gasteiger partial charge < -0.3 is 15.7 Å². The quantitative estimate of drug-likeness (QED) is 0.444. The van der Waals surface area contributed by atoms with Crippen LogP contribution in [0, 0.1) is 5.82 Å². The molecule has 0 bridgehead atoms. The largest absolute Gasteiger partial charge is 0.505 e. The van der Waals surface area contributed by atoms with E-state index in [1.807, 2.05) is 0 Å². The number of aromatic hydroxyl groups is 1. The average Bonchev–Trinajstić information content (AvgIpc) is 3.00. The fraction of sp³-hybridized carbons (Fsp3) is 0.286. The van der Waals surface area contributed by atoms with Crippen LogP contribution in [0.3, 0.4) is 0 Å². The molecular formula is C14H14F4N4OS. The van der Waals surface area contributed by atoms with E-state index in [0.29, 0.717) is 11.5 Å². The molecule has 0 aliphatic heterocycles. The molecule has 24 heavy (non-hydrogen) atoms. The smallest absolute Gasteiger partial charge is 0.434 e. The number of nitrogens with zero attached hydrogens (tertiary/aromatic N) is 2. The van der Waals surface area contributed by atoms with Gasteiger partial charge in [0.2, 0.25) is 0 Å². The lowest BCUT2D eigenvalue weighted by Crippen LogP contribution is -2.36. The van der Waals surface area contributed by atoms with Crippen molar-refractivity contribution in [1.29, 1.82) is 0 Å². The van der Waals surface area contributed by atoms with E-state index in [0.717, 1.165) is 16.7 Å². The maximum Gasteiger partial charge on any atom is 0.434 e. The Morgan fingerprint density at radius 3 is 2.58 bits per heavy atom. The van der Waals surface area contributed by atoms with E-state index in [1.54, 1.807) is 0 Å². The highest BCUT2D eigenvalue weighted by Crippen LogP contribution is 2.29. The molecule has 3 N–H and O–H groups in total. The highest BCUT2D eigenvalue weighted by atomic mass is 32.1.